The maximum Gasteiger partial charge on any atom is 0.314 e. The van der Waals surface area contributed by atoms with Crippen molar-refractivity contribution in [1.29, 1.82) is 0 Å². The minimum atomic E-state index is -1.02. The lowest BCUT2D eigenvalue weighted by molar-refractivity contribution is -0.153. The normalized spacial score (nSPS) is 36.4. The zero-order valence-electron chi connectivity index (χ0n) is 6.70. The van der Waals surface area contributed by atoms with Crippen molar-refractivity contribution in [3.05, 3.63) is 0 Å². The van der Waals surface area contributed by atoms with Crippen LogP contribution in [0.3, 0.4) is 0 Å². The summed E-state index contributed by atoms with van der Waals surface area (Å²) in [6.07, 6.45) is 0. The second-order valence-electron chi connectivity index (χ2n) is 2.96. The lowest BCUT2D eigenvalue weighted by Gasteiger charge is -2.07. The van der Waals surface area contributed by atoms with Gasteiger partial charge in [0, 0.05) is 0 Å². The molecular weight excluding hydrogens is 159 g/mol. The Morgan fingerprint density at radius 2 is 2.67 bits per heavy atom. The summed E-state index contributed by atoms with van der Waals surface area (Å²) in [4.78, 5) is 22.4. The number of ether oxygens (including phenoxy) is 2. The largest absolute Gasteiger partial charge is 0.466 e. The first-order valence-corrected chi connectivity index (χ1v) is 3.92. The van der Waals surface area contributed by atoms with Gasteiger partial charge in [-0.25, -0.2) is 0 Å². The molecule has 0 aliphatic carbocycles. The molecule has 1 radical (unpaired) electrons. The molecule has 0 aromatic heterocycles. The van der Waals surface area contributed by atoms with Crippen LogP contribution in [0, 0.1) is 0 Å². The van der Waals surface area contributed by atoms with Crippen molar-refractivity contribution < 1.29 is 19.1 Å². The van der Waals surface area contributed by atoms with E-state index in [4.69, 9.17) is 9.47 Å². The van der Waals surface area contributed by atoms with Gasteiger partial charge in [-0.3, -0.25) is 9.59 Å². The smallest absolute Gasteiger partial charge is 0.314 e. The molecule has 4 nitrogen and oxygen atoms in total. The molecule has 0 aromatic rings. The molecule has 0 bridgehead atoms. The number of fused-ring (bicyclic) bond motifs is 1. The molecule has 2 fully saturated rings. The molecule has 2 rings (SSSR count). The first-order valence-electron chi connectivity index (χ1n) is 3.92. The Hall–Kier alpha value is -0.995. The first-order chi connectivity index (χ1) is 5.71. The van der Waals surface area contributed by atoms with E-state index in [-0.39, 0.29) is 5.82 Å². The van der Waals surface area contributed by atoms with Crippen molar-refractivity contribution in [1.82, 2.24) is 0 Å². The summed E-state index contributed by atoms with van der Waals surface area (Å²) in [6, 6.07) is 0. The molecular formula is C7H8BO4. The van der Waals surface area contributed by atoms with Crippen LogP contribution in [0.15, 0.2) is 0 Å². The lowest BCUT2D eigenvalue weighted by Crippen LogP contribution is -2.22. The fourth-order valence-electron chi connectivity index (χ4n) is 1.51. The molecule has 2 saturated heterocycles. The topological polar surface area (TPSA) is 52.6 Å². The van der Waals surface area contributed by atoms with Gasteiger partial charge in [0.1, 0.15) is 5.31 Å². The van der Waals surface area contributed by atoms with Gasteiger partial charge in [-0.15, -0.1) is 0 Å². The Kier molecular flexibility index (Phi) is 1.43. The SMILES string of the molecule is CCOC(=O)[C@]12[B][C@H]1COC2=O. The summed E-state index contributed by atoms with van der Waals surface area (Å²) in [6.45, 7) is 2.35. The highest BCUT2D eigenvalue weighted by molar-refractivity contribution is 6.71. The Bertz CT molecular complexity index is 252. The van der Waals surface area contributed by atoms with E-state index < -0.39 is 17.3 Å². The monoisotopic (exact) mass is 167 g/mol. The molecule has 2 heterocycles. The van der Waals surface area contributed by atoms with Gasteiger partial charge in [-0.05, 0) is 12.7 Å². The number of cyclic esters (lactones) is 1. The molecule has 63 valence electrons. The average molecular weight is 167 g/mol. The molecule has 0 amide bonds. The highest BCUT2D eigenvalue weighted by Gasteiger charge is 2.72. The van der Waals surface area contributed by atoms with E-state index in [1.165, 1.54) is 0 Å². The van der Waals surface area contributed by atoms with E-state index in [0.29, 0.717) is 13.2 Å². The van der Waals surface area contributed by atoms with Gasteiger partial charge >= 0.3 is 11.9 Å². The summed E-state index contributed by atoms with van der Waals surface area (Å²) < 4.78 is 9.48. The summed E-state index contributed by atoms with van der Waals surface area (Å²) >= 11 is 0. The summed E-state index contributed by atoms with van der Waals surface area (Å²) in [5.74, 6) is -0.951. The van der Waals surface area contributed by atoms with E-state index in [1.54, 1.807) is 14.2 Å². The van der Waals surface area contributed by atoms with Crippen LogP contribution in [-0.2, 0) is 19.1 Å². The van der Waals surface area contributed by atoms with Gasteiger partial charge in [-0.2, -0.15) is 0 Å². The fourth-order valence-corrected chi connectivity index (χ4v) is 1.51. The van der Waals surface area contributed by atoms with Gasteiger partial charge in [-0.1, -0.05) is 0 Å². The molecule has 2 aliphatic heterocycles. The van der Waals surface area contributed by atoms with Gasteiger partial charge in [0.2, 0.25) is 0 Å². The lowest BCUT2D eigenvalue weighted by atomic mass is 9.87. The van der Waals surface area contributed by atoms with Crippen molar-refractivity contribution in [3.63, 3.8) is 0 Å². The molecule has 2 atom stereocenters. The van der Waals surface area contributed by atoms with Gasteiger partial charge < -0.3 is 9.47 Å². The van der Waals surface area contributed by atoms with Crippen LogP contribution in [-0.4, -0.2) is 32.4 Å². The van der Waals surface area contributed by atoms with E-state index in [1.807, 2.05) is 0 Å². The third kappa shape index (κ3) is 0.736. The summed E-state index contributed by atoms with van der Waals surface area (Å²) in [5.41, 5.74) is 0. The van der Waals surface area contributed by atoms with Crippen molar-refractivity contribution in [2.45, 2.75) is 18.1 Å². The zero-order chi connectivity index (χ0) is 8.77. The van der Waals surface area contributed by atoms with Crippen molar-refractivity contribution >= 4 is 19.2 Å². The Labute approximate surface area is 70.5 Å². The second kappa shape index (κ2) is 2.25. The van der Waals surface area contributed by atoms with Gasteiger partial charge in [0.05, 0.1) is 13.2 Å². The predicted molar refractivity (Wildman–Crippen MR) is 39.8 cm³/mol. The first kappa shape index (κ1) is 7.64. The van der Waals surface area contributed by atoms with E-state index >= 15 is 0 Å². The number of hydrogen-bond acceptors (Lipinski definition) is 4. The van der Waals surface area contributed by atoms with Crippen molar-refractivity contribution in [2.24, 2.45) is 0 Å². The van der Waals surface area contributed by atoms with E-state index in [9.17, 15) is 9.59 Å². The van der Waals surface area contributed by atoms with Gasteiger partial charge in [0.25, 0.3) is 0 Å². The van der Waals surface area contributed by atoms with Crippen LogP contribution in [0.4, 0.5) is 0 Å². The molecule has 2 aliphatic rings. The molecule has 0 unspecified atom stereocenters. The molecule has 0 saturated carbocycles. The molecule has 0 N–H and O–H groups in total. The van der Waals surface area contributed by atoms with Crippen molar-refractivity contribution in [2.75, 3.05) is 13.2 Å². The van der Waals surface area contributed by atoms with E-state index in [2.05, 4.69) is 0 Å². The third-order valence-corrected chi connectivity index (χ3v) is 2.28. The number of hydrogen-bond donors (Lipinski definition) is 0. The maximum absolute atomic E-state index is 11.3. The minimum absolute atomic E-state index is 0.0379. The third-order valence-electron chi connectivity index (χ3n) is 2.28. The van der Waals surface area contributed by atoms with Crippen LogP contribution < -0.4 is 0 Å². The average Bonchev–Trinajstić information content (AvgIpc) is 2.69. The van der Waals surface area contributed by atoms with Crippen LogP contribution in [0.5, 0.6) is 0 Å². The van der Waals surface area contributed by atoms with Crippen LogP contribution >= 0.6 is 0 Å². The summed E-state index contributed by atoms with van der Waals surface area (Å²) in [7, 11) is 1.69. The van der Waals surface area contributed by atoms with E-state index in [0.717, 1.165) is 0 Å². The highest BCUT2D eigenvalue weighted by atomic mass is 16.6. The van der Waals surface area contributed by atoms with Crippen LogP contribution in [0.2, 0.25) is 11.1 Å². The Morgan fingerprint density at radius 1 is 1.92 bits per heavy atom. The minimum Gasteiger partial charge on any atom is -0.466 e. The number of carbonyl (C=O) groups excluding carboxylic acids is 2. The maximum atomic E-state index is 11.3. The fraction of sp³-hybridized carbons (Fsp3) is 0.714. The number of esters is 2. The standard InChI is InChI=1S/C7H8BO4/c1-2-11-5(9)7-4(8-7)3-12-6(7)10/h4H,2-3H2,1H3/t4-,7+/m0/s1. The quantitative estimate of drug-likeness (QED) is 0.324. The van der Waals surface area contributed by atoms with Gasteiger partial charge in [0.15, 0.2) is 7.28 Å². The molecule has 0 spiro atoms. The molecule has 5 heteroatoms. The van der Waals surface area contributed by atoms with Crippen LogP contribution in [0.1, 0.15) is 6.92 Å². The summed E-state index contributed by atoms with van der Waals surface area (Å²) in [5, 5.41) is -1.02. The zero-order valence-corrected chi connectivity index (χ0v) is 6.70. The Balaban J connectivity index is 2.13. The second-order valence-corrected chi connectivity index (χ2v) is 2.96. The predicted octanol–water partition coefficient (Wildman–Crippen LogP) is -0.229. The number of rotatable bonds is 2. The number of carbonyl (C=O) groups is 2. The molecule has 0 aromatic carbocycles. The van der Waals surface area contributed by atoms with Crippen LogP contribution in [0.25, 0.3) is 0 Å². The Morgan fingerprint density at radius 3 is 3.08 bits per heavy atom. The highest BCUT2D eigenvalue weighted by Crippen LogP contribution is 2.62. The molecule has 12 heavy (non-hydrogen) atoms. The van der Waals surface area contributed by atoms with Crippen molar-refractivity contribution in [3.8, 4) is 0 Å².